The lowest BCUT2D eigenvalue weighted by Gasteiger charge is -2.04. The van der Waals surface area contributed by atoms with Crippen LogP contribution in [0.4, 0.5) is 0 Å². The third kappa shape index (κ3) is 1.59. The molecule has 0 radical (unpaired) electrons. The molecule has 0 bridgehead atoms. The average molecular weight is 136 g/mol. The first-order valence-electron chi connectivity index (χ1n) is 3.18. The Balaban J connectivity index is 2.68. The third-order valence-corrected chi connectivity index (χ3v) is 1.17. The van der Waals surface area contributed by atoms with Crippen molar-refractivity contribution in [3.8, 4) is 6.07 Å². The maximum Gasteiger partial charge on any atom is 0.328 e. The number of allylic oxidation sites excluding steroid dienone is 1. The molecule has 0 saturated heterocycles. The molecule has 1 heterocycles. The topological polar surface area (TPSA) is 28.8 Å². The molecule has 0 amide bonds. The van der Waals surface area contributed by atoms with Gasteiger partial charge in [-0.2, -0.15) is 0 Å². The van der Waals surface area contributed by atoms with E-state index in [-0.39, 0.29) is 6.04 Å². The van der Waals surface area contributed by atoms with Crippen molar-refractivity contribution in [1.82, 2.24) is 5.32 Å². The van der Waals surface area contributed by atoms with Crippen molar-refractivity contribution in [3.05, 3.63) is 16.6 Å². The maximum absolute atomic E-state index is 4.07. The molecule has 0 spiro atoms. The van der Waals surface area contributed by atoms with Gasteiger partial charge in [0, 0.05) is 0 Å². The van der Waals surface area contributed by atoms with Crippen LogP contribution in [0.1, 0.15) is 6.92 Å². The number of hydrogen-bond donors (Lipinski definition) is 1. The van der Waals surface area contributed by atoms with E-state index in [4.69, 9.17) is 0 Å². The first-order chi connectivity index (χ1) is 4.83. The van der Waals surface area contributed by atoms with Crippen LogP contribution in [0.3, 0.4) is 0 Å². The molecule has 1 aliphatic rings. The predicted octanol–water partition coefficient (Wildman–Crippen LogP) is 0.853. The molecule has 3 nitrogen and oxygen atoms in total. The molecular formula is C7H10N3+. The van der Waals surface area contributed by atoms with Gasteiger partial charge in [0.25, 0.3) is 7.05 Å². The van der Waals surface area contributed by atoms with Gasteiger partial charge in [0.1, 0.15) is 0 Å². The fourth-order valence-electron chi connectivity index (χ4n) is 0.747. The summed E-state index contributed by atoms with van der Waals surface area (Å²) in [7, 11) is 1.69. The highest BCUT2D eigenvalue weighted by atomic mass is 15.0. The smallest absolute Gasteiger partial charge is 0.328 e. The largest absolute Gasteiger partial charge is 0.335 e. The van der Waals surface area contributed by atoms with Crippen LogP contribution in [0.5, 0.6) is 0 Å². The molecule has 0 fully saturated rings. The zero-order chi connectivity index (χ0) is 7.40. The fourth-order valence-corrected chi connectivity index (χ4v) is 0.747. The quantitative estimate of drug-likeness (QED) is 0.525. The zero-order valence-electron chi connectivity index (χ0n) is 6.13. The first kappa shape index (κ1) is 6.81. The lowest BCUT2D eigenvalue weighted by Crippen LogP contribution is -2.17. The van der Waals surface area contributed by atoms with Gasteiger partial charge in [0.15, 0.2) is 5.70 Å². The Hall–Kier alpha value is -1.30. The Morgan fingerprint density at radius 2 is 2.60 bits per heavy atom. The van der Waals surface area contributed by atoms with E-state index >= 15 is 0 Å². The van der Waals surface area contributed by atoms with Gasteiger partial charge in [-0.15, -0.1) is 0 Å². The van der Waals surface area contributed by atoms with Crippen LogP contribution in [-0.4, -0.2) is 19.4 Å². The van der Waals surface area contributed by atoms with Crippen LogP contribution < -0.4 is 5.32 Å². The molecule has 10 heavy (non-hydrogen) atoms. The van der Waals surface area contributed by atoms with Gasteiger partial charge in [-0.1, -0.05) is 4.85 Å². The van der Waals surface area contributed by atoms with E-state index in [9.17, 15) is 0 Å². The van der Waals surface area contributed by atoms with Crippen molar-refractivity contribution >= 4 is 6.34 Å². The number of rotatable bonds is 0. The Kier molecular flexibility index (Phi) is 2.06. The van der Waals surface area contributed by atoms with Crippen LogP contribution in [0, 0.1) is 6.07 Å². The second kappa shape index (κ2) is 3.02. The van der Waals surface area contributed by atoms with E-state index in [1.807, 2.05) is 13.0 Å². The van der Waals surface area contributed by atoms with Crippen molar-refractivity contribution in [2.45, 2.75) is 13.0 Å². The number of aliphatic imine (C=N–C) groups is 1. The van der Waals surface area contributed by atoms with E-state index in [0.29, 0.717) is 0 Å². The lowest BCUT2D eigenvalue weighted by molar-refractivity contribution is 0.884. The predicted molar refractivity (Wildman–Crippen MR) is 42.3 cm³/mol. The molecule has 0 aromatic rings. The highest BCUT2D eigenvalue weighted by molar-refractivity contribution is 5.61. The third-order valence-electron chi connectivity index (χ3n) is 1.17. The Bertz CT molecular complexity index is 229. The molecule has 1 unspecified atom stereocenters. The van der Waals surface area contributed by atoms with Crippen LogP contribution in [0.25, 0.3) is 4.85 Å². The van der Waals surface area contributed by atoms with Gasteiger partial charge in [0.2, 0.25) is 0 Å². The molecule has 1 N–H and O–H groups in total. The minimum Gasteiger partial charge on any atom is -0.335 e. The Morgan fingerprint density at radius 3 is 3.20 bits per heavy atom. The zero-order valence-corrected chi connectivity index (χ0v) is 6.13. The fraction of sp³-hybridized carbons (Fsp3) is 0.429. The summed E-state index contributed by atoms with van der Waals surface area (Å²) in [4.78, 5) is 7.82. The molecule has 0 aromatic carbocycles. The summed E-state index contributed by atoms with van der Waals surface area (Å²) in [5.74, 6) is 0. The van der Waals surface area contributed by atoms with Gasteiger partial charge in [-0.3, -0.25) is 4.99 Å². The summed E-state index contributed by atoms with van der Waals surface area (Å²) < 4.78 is 0. The van der Waals surface area contributed by atoms with Crippen molar-refractivity contribution in [1.29, 1.82) is 0 Å². The summed E-state index contributed by atoms with van der Waals surface area (Å²) in [5, 5.41) is 2.92. The number of nitrogens with one attached hydrogen (secondary N) is 1. The molecule has 0 aliphatic carbocycles. The van der Waals surface area contributed by atoms with Gasteiger partial charge in [0.05, 0.1) is 12.4 Å². The molecule has 1 aliphatic heterocycles. The Morgan fingerprint density at radius 1 is 1.80 bits per heavy atom. The normalized spacial score (nSPS) is 22.2. The highest BCUT2D eigenvalue weighted by Crippen LogP contribution is 1.99. The van der Waals surface area contributed by atoms with Crippen molar-refractivity contribution in [2.24, 2.45) is 4.99 Å². The van der Waals surface area contributed by atoms with Gasteiger partial charge >= 0.3 is 6.07 Å². The van der Waals surface area contributed by atoms with Gasteiger partial charge in [-0.25, -0.2) is 0 Å². The minimum atomic E-state index is 0.241. The van der Waals surface area contributed by atoms with E-state index in [1.54, 1.807) is 13.4 Å². The van der Waals surface area contributed by atoms with Crippen LogP contribution >= 0.6 is 0 Å². The second-order valence-electron chi connectivity index (χ2n) is 2.08. The summed E-state index contributed by atoms with van der Waals surface area (Å²) in [6.45, 7) is 2.01. The van der Waals surface area contributed by atoms with Crippen molar-refractivity contribution in [3.63, 3.8) is 0 Å². The molecule has 0 aromatic heterocycles. The molecular weight excluding hydrogens is 126 g/mol. The lowest BCUT2D eigenvalue weighted by atomic mass is 10.2. The van der Waals surface area contributed by atoms with Crippen LogP contribution in [-0.2, 0) is 0 Å². The van der Waals surface area contributed by atoms with Gasteiger partial charge < -0.3 is 5.32 Å². The second-order valence-corrected chi connectivity index (χ2v) is 2.08. The molecule has 0 saturated carbocycles. The van der Waals surface area contributed by atoms with E-state index < -0.39 is 0 Å². The number of hydrogen-bond acceptors (Lipinski definition) is 2. The highest BCUT2D eigenvalue weighted by Gasteiger charge is 2.04. The molecule has 52 valence electrons. The molecule has 3 heteroatoms. The Labute approximate surface area is 60.3 Å². The van der Waals surface area contributed by atoms with E-state index in [2.05, 4.69) is 21.2 Å². The maximum atomic E-state index is 4.07. The minimum absolute atomic E-state index is 0.241. The van der Waals surface area contributed by atoms with E-state index in [0.717, 1.165) is 5.70 Å². The standard InChI is InChI=1S/C7H10N3/c1-6-3-7(4-8-2)10-5-9-6/h3,5-6H,1-2H3,(H,9,10)/q+1. The summed E-state index contributed by atoms with van der Waals surface area (Å²) in [5.41, 5.74) is 0.894. The average Bonchev–Trinajstić information content (AvgIpc) is 1.88. The molecule has 1 atom stereocenters. The summed E-state index contributed by atoms with van der Waals surface area (Å²) in [6.07, 6.45) is 3.63. The molecule has 1 rings (SSSR count). The summed E-state index contributed by atoms with van der Waals surface area (Å²) >= 11 is 0. The summed E-state index contributed by atoms with van der Waals surface area (Å²) in [6, 6.07) is 3.04. The number of nitrogens with zero attached hydrogens (tertiary/aromatic N) is 2. The van der Waals surface area contributed by atoms with Gasteiger partial charge in [-0.05, 0) is 13.0 Å². The SMILES string of the molecule is C[N+]#CC1=CC(C)N=CN1. The monoisotopic (exact) mass is 136 g/mol. The van der Waals surface area contributed by atoms with Crippen LogP contribution in [0.2, 0.25) is 0 Å². The van der Waals surface area contributed by atoms with Crippen molar-refractivity contribution in [2.75, 3.05) is 7.05 Å². The van der Waals surface area contributed by atoms with Crippen LogP contribution in [0.15, 0.2) is 16.8 Å². The van der Waals surface area contributed by atoms with Crippen molar-refractivity contribution < 1.29 is 0 Å². The van der Waals surface area contributed by atoms with E-state index in [1.165, 1.54) is 0 Å². The first-order valence-corrected chi connectivity index (χ1v) is 3.18.